The maximum atomic E-state index is 16.8. The molecule has 0 amide bonds. The zero-order valence-corrected chi connectivity index (χ0v) is 30.7. The van der Waals surface area contributed by atoms with Crippen LogP contribution in [0.2, 0.25) is 0 Å². The first-order valence-corrected chi connectivity index (χ1v) is 17.8. The first kappa shape index (κ1) is 40.9. The van der Waals surface area contributed by atoms with Gasteiger partial charge in [-0.1, -0.05) is 66.7 Å². The Morgan fingerprint density at radius 1 is 0.793 bits per heavy atom. The van der Waals surface area contributed by atoms with Crippen LogP contribution in [0.15, 0.2) is 115 Å². The van der Waals surface area contributed by atoms with Crippen LogP contribution in [0.3, 0.4) is 0 Å². The summed E-state index contributed by atoms with van der Waals surface area (Å²) in [4.78, 5) is 40.0. The third kappa shape index (κ3) is 9.79. The second-order valence-corrected chi connectivity index (χ2v) is 12.8. The number of rotatable bonds is 14. The van der Waals surface area contributed by atoms with Gasteiger partial charge in [-0.05, 0) is 54.1 Å². The summed E-state index contributed by atoms with van der Waals surface area (Å²) in [7, 11) is 1.43. The van der Waals surface area contributed by atoms with E-state index in [1.54, 1.807) is 42.5 Å². The number of halogens is 4. The Bertz CT molecular complexity index is 2210. The lowest BCUT2D eigenvalue weighted by Crippen LogP contribution is -2.61. The van der Waals surface area contributed by atoms with E-state index in [-0.39, 0.29) is 23.1 Å². The molecule has 2 heterocycles. The Balaban J connectivity index is 1.45. The van der Waals surface area contributed by atoms with Crippen molar-refractivity contribution in [2.24, 2.45) is 0 Å². The van der Waals surface area contributed by atoms with Gasteiger partial charge in [0, 0.05) is 6.42 Å². The maximum absolute atomic E-state index is 16.8. The molecule has 0 aliphatic carbocycles. The number of hydrogen-bond acceptors (Lipinski definition) is 11. The average Bonchev–Trinajstić information content (AvgIpc) is 3.59. The van der Waals surface area contributed by atoms with Crippen molar-refractivity contribution in [2.45, 2.75) is 56.3 Å². The third-order valence-electron chi connectivity index (χ3n) is 8.93. The molecule has 5 unspecified atom stereocenters. The molecule has 1 aromatic heterocycles. The quantitative estimate of drug-likeness (QED) is 0.0640. The predicted octanol–water partition coefficient (Wildman–Crippen LogP) is 7.16. The molecule has 1 fully saturated rings. The monoisotopic (exact) mass is 801 g/mol. The SMILES string of the molecule is COc1ccc(Cc2c(C(F)(F)F)nn(CCC#N)c2OC2OC(COC(=O)c3ccccc3)C(F)C(OC(=O)c3ccccc3)C2OC(=O)c2ccccc2)cc1. The Labute approximate surface area is 329 Å². The highest BCUT2D eigenvalue weighted by atomic mass is 19.4. The van der Waals surface area contributed by atoms with E-state index in [1.807, 2.05) is 6.07 Å². The minimum Gasteiger partial charge on any atom is -0.497 e. The molecule has 12 nitrogen and oxygen atoms in total. The number of methoxy groups -OCH3 is 1. The van der Waals surface area contributed by atoms with Crippen LogP contribution in [0.5, 0.6) is 11.6 Å². The normalized spacial score (nSPS) is 19.0. The molecule has 6 rings (SSSR count). The highest BCUT2D eigenvalue weighted by molar-refractivity contribution is 5.90. The van der Waals surface area contributed by atoms with E-state index < -0.39 is 91.6 Å². The van der Waals surface area contributed by atoms with Crippen LogP contribution < -0.4 is 9.47 Å². The van der Waals surface area contributed by atoms with E-state index >= 15 is 4.39 Å². The van der Waals surface area contributed by atoms with Crippen molar-refractivity contribution in [3.63, 3.8) is 0 Å². The van der Waals surface area contributed by atoms with Gasteiger partial charge in [0.25, 0.3) is 0 Å². The Morgan fingerprint density at radius 3 is 1.84 bits per heavy atom. The minimum absolute atomic E-state index is 0.00923. The number of aromatic nitrogens is 2. The Hall–Kier alpha value is -6.73. The predicted molar refractivity (Wildman–Crippen MR) is 195 cm³/mol. The first-order chi connectivity index (χ1) is 28.0. The molecule has 0 radical (unpaired) electrons. The summed E-state index contributed by atoms with van der Waals surface area (Å²) in [6, 6.07) is 30.7. The maximum Gasteiger partial charge on any atom is 0.435 e. The first-order valence-electron chi connectivity index (χ1n) is 17.8. The highest BCUT2D eigenvalue weighted by Crippen LogP contribution is 2.40. The van der Waals surface area contributed by atoms with Gasteiger partial charge in [-0.2, -0.15) is 23.5 Å². The molecule has 0 N–H and O–H groups in total. The second kappa shape index (κ2) is 18.5. The number of nitrogens with zero attached hydrogens (tertiary/aromatic N) is 3. The van der Waals surface area contributed by atoms with Crippen LogP contribution in [0.25, 0.3) is 0 Å². The zero-order valence-electron chi connectivity index (χ0n) is 30.7. The van der Waals surface area contributed by atoms with Crippen molar-refractivity contribution in [3.8, 4) is 17.7 Å². The van der Waals surface area contributed by atoms with Gasteiger partial charge in [-0.3, -0.25) is 0 Å². The number of carbonyl (C=O) groups is 3. The number of esters is 3. The zero-order chi connectivity index (χ0) is 41.2. The molecule has 4 aromatic carbocycles. The number of hydrogen-bond donors (Lipinski definition) is 0. The fourth-order valence-electron chi connectivity index (χ4n) is 6.07. The summed E-state index contributed by atoms with van der Waals surface area (Å²) in [5.74, 6) is -3.08. The van der Waals surface area contributed by atoms with Crippen LogP contribution >= 0.6 is 0 Å². The lowest BCUT2D eigenvalue weighted by molar-refractivity contribution is -0.265. The lowest BCUT2D eigenvalue weighted by Gasteiger charge is -2.42. The van der Waals surface area contributed by atoms with Gasteiger partial charge in [0.2, 0.25) is 18.3 Å². The second-order valence-electron chi connectivity index (χ2n) is 12.8. The van der Waals surface area contributed by atoms with E-state index in [9.17, 15) is 32.8 Å². The average molecular weight is 802 g/mol. The van der Waals surface area contributed by atoms with Crippen molar-refractivity contribution in [3.05, 3.63) is 149 Å². The van der Waals surface area contributed by atoms with Crippen LogP contribution in [-0.2, 0) is 38.1 Å². The third-order valence-corrected chi connectivity index (χ3v) is 8.93. The molecular formula is C42H35F4N3O9. The summed E-state index contributed by atoms with van der Waals surface area (Å²) < 4.78 is 96.1. The highest BCUT2D eigenvalue weighted by Gasteiger charge is 2.53. The summed E-state index contributed by atoms with van der Waals surface area (Å²) >= 11 is 0. The molecule has 58 heavy (non-hydrogen) atoms. The number of nitriles is 1. The standard InChI is InChI=1S/C42H35F4N3O9/c1-53-30-20-18-26(19-21-30)24-31-36(42(44,45)46)48-49(23-11-22-47)37(31)58-41-35(57-40(52)29-16-9-4-10-17-29)34(56-39(51)28-14-7-3-8-15-28)33(43)32(55-41)25-54-38(50)27-12-5-2-6-13-27/h2-10,12-21,32-35,41H,11,23-25H2,1H3. The molecule has 16 heteroatoms. The van der Waals surface area contributed by atoms with Gasteiger partial charge < -0.3 is 28.4 Å². The minimum atomic E-state index is -5.03. The van der Waals surface area contributed by atoms with E-state index in [1.165, 1.54) is 79.9 Å². The Morgan fingerprint density at radius 2 is 1.33 bits per heavy atom. The molecule has 300 valence electrons. The number of benzene rings is 4. The molecule has 5 aromatic rings. The molecule has 1 aliphatic rings. The smallest absolute Gasteiger partial charge is 0.435 e. The van der Waals surface area contributed by atoms with E-state index in [2.05, 4.69) is 5.10 Å². The summed E-state index contributed by atoms with van der Waals surface area (Å²) in [6.07, 6.45) is -16.0. The van der Waals surface area contributed by atoms with Crippen molar-refractivity contribution in [2.75, 3.05) is 13.7 Å². The van der Waals surface area contributed by atoms with Crippen molar-refractivity contribution < 1.29 is 60.4 Å². The number of carbonyl (C=O) groups excluding carboxylic acids is 3. The van der Waals surface area contributed by atoms with Gasteiger partial charge in [-0.25, -0.2) is 23.5 Å². The summed E-state index contributed by atoms with van der Waals surface area (Å²) in [6.45, 7) is -1.19. The van der Waals surface area contributed by atoms with E-state index in [4.69, 9.17) is 28.4 Å². The topological polar surface area (TPSA) is 148 Å². The number of alkyl halides is 4. The fourth-order valence-corrected chi connectivity index (χ4v) is 6.07. The molecule has 5 atom stereocenters. The molecule has 1 aliphatic heterocycles. The molecular weight excluding hydrogens is 766 g/mol. The van der Waals surface area contributed by atoms with Gasteiger partial charge in [0.05, 0.1) is 48.4 Å². The number of ether oxygens (including phenoxy) is 6. The van der Waals surface area contributed by atoms with Gasteiger partial charge in [0.1, 0.15) is 18.5 Å². The number of aryl methyl sites for hydroxylation is 1. The van der Waals surface area contributed by atoms with E-state index in [0.717, 1.165) is 4.68 Å². The van der Waals surface area contributed by atoms with Gasteiger partial charge in [0.15, 0.2) is 18.0 Å². The lowest BCUT2D eigenvalue weighted by atomic mass is 9.99. The molecule has 0 bridgehead atoms. The van der Waals surface area contributed by atoms with E-state index in [0.29, 0.717) is 11.3 Å². The van der Waals surface area contributed by atoms with Gasteiger partial charge >= 0.3 is 24.1 Å². The van der Waals surface area contributed by atoms with Crippen LogP contribution in [0.1, 0.15) is 54.3 Å². The molecule has 0 spiro atoms. The van der Waals surface area contributed by atoms with Crippen LogP contribution in [0, 0.1) is 11.3 Å². The largest absolute Gasteiger partial charge is 0.497 e. The van der Waals surface area contributed by atoms with Crippen molar-refractivity contribution >= 4 is 17.9 Å². The van der Waals surface area contributed by atoms with Crippen LogP contribution in [0.4, 0.5) is 17.6 Å². The molecule has 1 saturated heterocycles. The van der Waals surface area contributed by atoms with Gasteiger partial charge in [-0.15, -0.1) is 0 Å². The summed E-state index contributed by atoms with van der Waals surface area (Å²) in [5, 5.41) is 13.2. The van der Waals surface area contributed by atoms with Crippen LogP contribution in [-0.4, -0.2) is 72.2 Å². The summed E-state index contributed by atoms with van der Waals surface area (Å²) in [5.41, 5.74) is -1.38. The Kier molecular flexibility index (Phi) is 13.0. The van der Waals surface area contributed by atoms with Crippen molar-refractivity contribution in [1.29, 1.82) is 5.26 Å². The molecule has 0 saturated carbocycles. The van der Waals surface area contributed by atoms with Crippen molar-refractivity contribution in [1.82, 2.24) is 9.78 Å². The fraction of sp³-hybridized carbons (Fsp3) is 0.262.